The third-order valence-electron chi connectivity index (χ3n) is 3.59. The smallest absolute Gasteiger partial charge is 0.00727 e. The molecule has 2 saturated heterocycles. The third-order valence-corrected chi connectivity index (χ3v) is 4.53. The maximum Gasteiger partial charge on any atom is 0.00727 e. The molecule has 0 spiro atoms. The topological polar surface area (TPSA) is 6.48 Å². The van der Waals surface area contributed by atoms with Crippen molar-refractivity contribution in [3.05, 3.63) is 6.42 Å². The monoisotopic (exact) mass is 241 g/mol. The summed E-state index contributed by atoms with van der Waals surface area (Å²) in [5.74, 6) is 2.68. The highest BCUT2D eigenvalue weighted by Gasteiger charge is 2.11. The number of nitrogens with zero attached hydrogens (tertiary/aromatic N) is 2. The molecule has 2 aliphatic heterocycles. The van der Waals surface area contributed by atoms with Gasteiger partial charge in [-0.15, -0.1) is 0 Å². The van der Waals surface area contributed by atoms with E-state index in [1.54, 1.807) is 0 Å². The van der Waals surface area contributed by atoms with Crippen molar-refractivity contribution >= 4 is 11.8 Å². The Labute approximate surface area is 105 Å². The van der Waals surface area contributed by atoms with Gasteiger partial charge < -0.3 is 9.80 Å². The van der Waals surface area contributed by atoms with E-state index in [9.17, 15) is 0 Å². The van der Waals surface area contributed by atoms with Gasteiger partial charge in [-0.05, 0) is 45.3 Å². The molecule has 0 atom stereocenters. The second-order valence-corrected chi connectivity index (χ2v) is 6.12. The van der Waals surface area contributed by atoms with Crippen LogP contribution >= 0.6 is 11.8 Å². The fourth-order valence-corrected chi connectivity index (χ4v) is 3.49. The summed E-state index contributed by atoms with van der Waals surface area (Å²) < 4.78 is 0. The average Bonchev–Trinajstić information content (AvgIpc) is 2.37. The Morgan fingerprint density at radius 2 is 1.62 bits per heavy atom. The maximum absolute atomic E-state index is 2.61. The molecule has 0 aliphatic carbocycles. The van der Waals surface area contributed by atoms with Crippen molar-refractivity contribution < 1.29 is 0 Å². The molecule has 2 heterocycles. The Morgan fingerprint density at radius 3 is 2.38 bits per heavy atom. The van der Waals surface area contributed by atoms with Crippen molar-refractivity contribution in [3.8, 4) is 0 Å². The van der Waals surface area contributed by atoms with E-state index in [2.05, 4.69) is 28.0 Å². The Morgan fingerprint density at radius 1 is 0.875 bits per heavy atom. The number of likely N-dealkylation sites (tertiary alicyclic amines) is 1. The van der Waals surface area contributed by atoms with Crippen molar-refractivity contribution in [1.82, 2.24) is 9.80 Å². The Kier molecular flexibility index (Phi) is 6.02. The first-order chi connectivity index (χ1) is 7.95. The summed E-state index contributed by atoms with van der Waals surface area (Å²) >= 11 is 2.10. The molecule has 93 valence electrons. The molecule has 0 aromatic carbocycles. The van der Waals surface area contributed by atoms with Gasteiger partial charge in [0.25, 0.3) is 0 Å². The van der Waals surface area contributed by atoms with Gasteiger partial charge in [0.1, 0.15) is 0 Å². The minimum absolute atomic E-state index is 1.22. The van der Waals surface area contributed by atoms with Crippen LogP contribution in [0.1, 0.15) is 25.7 Å². The lowest BCUT2D eigenvalue weighted by molar-refractivity contribution is 0.238. The van der Waals surface area contributed by atoms with E-state index in [1.165, 1.54) is 76.5 Å². The van der Waals surface area contributed by atoms with Gasteiger partial charge in [0.15, 0.2) is 0 Å². The van der Waals surface area contributed by atoms with Crippen LogP contribution in [0.4, 0.5) is 0 Å². The van der Waals surface area contributed by atoms with Crippen LogP contribution in [0.2, 0.25) is 0 Å². The lowest BCUT2D eigenvalue weighted by Crippen LogP contribution is -2.34. The van der Waals surface area contributed by atoms with Crippen LogP contribution in [0.5, 0.6) is 0 Å². The highest BCUT2D eigenvalue weighted by molar-refractivity contribution is 7.99. The van der Waals surface area contributed by atoms with Gasteiger partial charge in [-0.25, -0.2) is 0 Å². The second kappa shape index (κ2) is 7.57. The molecule has 0 N–H and O–H groups in total. The van der Waals surface area contributed by atoms with Crippen LogP contribution < -0.4 is 0 Å². The molecule has 0 saturated carbocycles. The molecule has 2 nitrogen and oxygen atoms in total. The number of thioether (sulfide) groups is 1. The SMILES string of the molecule is [CH](CCN1CCSCC1)CN1CCCCC1. The lowest BCUT2D eigenvalue weighted by Gasteiger charge is -2.28. The number of rotatable bonds is 5. The van der Waals surface area contributed by atoms with Gasteiger partial charge in [0, 0.05) is 31.1 Å². The molecule has 3 heteroatoms. The van der Waals surface area contributed by atoms with Crippen LogP contribution in [0.25, 0.3) is 0 Å². The summed E-state index contributed by atoms with van der Waals surface area (Å²) in [6, 6.07) is 0. The zero-order chi connectivity index (χ0) is 11.1. The van der Waals surface area contributed by atoms with Gasteiger partial charge >= 0.3 is 0 Å². The first-order valence-electron chi connectivity index (χ1n) is 6.79. The highest BCUT2D eigenvalue weighted by Crippen LogP contribution is 2.11. The zero-order valence-electron chi connectivity index (χ0n) is 10.4. The van der Waals surface area contributed by atoms with Crippen molar-refractivity contribution in [2.24, 2.45) is 0 Å². The van der Waals surface area contributed by atoms with Gasteiger partial charge in [0.05, 0.1) is 0 Å². The van der Waals surface area contributed by atoms with Gasteiger partial charge in [-0.3, -0.25) is 0 Å². The minimum atomic E-state index is 1.22. The van der Waals surface area contributed by atoms with Crippen molar-refractivity contribution in [1.29, 1.82) is 0 Å². The largest absolute Gasteiger partial charge is 0.303 e. The molecule has 1 radical (unpaired) electrons. The predicted molar refractivity (Wildman–Crippen MR) is 73.0 cm³/mol. The van der Waals surface area contributed by atoms with E-state index in [-0.39, 0.29) is 0 Å². The van der Waals surface area contributed by atoms with Gasteiger partial charge in [-0.1, -0.05) is 6.42 Å². The number of piperidine rings is 1. The molecular formula is C13H25N2S. The van der Waals surface area contributed by atoms with Gasteiger partial charge in [0.2, 0.25) is 0 Å². The fraction of sp³-hybridized carbons (Fsp3) is 0.923. The summed E-state index contributed by atoms with van der Waals surface area (Å²) in [6.45, 7) is 7.79. The van der Waals surface area contributed by atoms with E-state index in [0.717, 1.165) is 0 Å². The van der Waals surface area contributed by atoms with Crippen molar-refractivity contribution in [2.45, 2.75) is 25.7 Å². The zero-order valence-corrected chi connectivity index (χ0v) is 11.2. The lowest BCUT2D eigenvalue weighted by atomic mass is 10.1. The Hall–Kier alpha value is 0.270. The standard InChI is InChI=1S/C13H25N2S/c1-2-6-14(7-3-1)8-4-5-9-15-10-12-16-13-11-15/h4H,1-3,5-13H2. The third kappa shape index (κ3) is 4.64. The first-order valence-corrected chi connectivity index (χ1v) is 7.95. The second-order valence-electron chi connectivity index (χ2n) is 4.89. The van der Waals surface area contributed by atoms with Crippen LogP contribution in [0, 0.1) is 6.42 Å². The summed E-state index contributed by atoms with van der Waals surface area (Å²) in [5, 5.41) is 0. The number of unbranched alkanes of at least 4 members (excludes halogenated alkanes) is 1. The van der Waals surface area contributed by atoms with E-state index in [0.29, 0.717) is 0 Å². The number of hydrogen-bond donors (Lipinski definition) is 0. The molecular weight excluding hydrogens is 216 g/mol. The van der Waals surface area contributed by atoms with Crippen LogP contribution in [-0.2, 0) is 0 Å². The van der Waals surface area contributed by atoms with E-state index >= 15 is 0 Å². The summed E-state index contributed by atoms with van der Waals surface area (Å²) in [5.41, 5.74) is 0. The summed E-state index contributed by atoms with van der Waals surface area (Å²) in [6.07, 6.45) is 8.05. The van der Waals surface area contributed by atoms with Crippen molar-refractivity contribution in [3.63, 3.8) is 0 Å². The molecule has 0 amide bonds. The van der Waals surface area contributed by atoms with Crippen LogP contribution in [0.15, 0.2) is 0 Å². The Balaban J connectivity index is 1.47. The van der Waals surface area contributed by atoms with E-state index < -0.39 is 0 Å². The van der Waals surface area contributed by atoms with E-state index in [1.807, 2.05) is 0 Å². The molecule has 0 aromatic rings. The molecule has 0 aromatic heterocycles. The van der Waals surface area contributed by atoms with E-state index in [4.69, 9.17) is 0 Å². The highest BCUT2D eigenvalue weighted by atomic mass is 32.2. The van der Waals surface area contributed by atoms with Crippen LogP contribution in [0.3, 0.4) is 0 Å². The average molecular weight is 241 g/mol. The van der Waals surface area contributed by atoms with Crippen LogP contribution in [-0.4, -0.2) is 60.6 Å². The number of hydrogen-bond acceptors (Lipinski definition) is 3. The molecule has 2 fully saturated rings. The summed E-state index contributed by atoms with van der Waals surface area (Å²) in [4.78, 5) is 5.22. The van der Waals surface area contributed by atoms with Crippen molar-refractivity contribution in [2.75, 3.05) is 50.8 Å². The molecule has 16 heavy (non-hydrogen) atoms. The fourth-order valence-electron chi connectivity index (χ4n) is 2.51. The molecule has 2 aliphatic rings. The Bertz CT molecular complexity index is 155. The minimum Gasteiger partial charge on any atom is -0.303 e. The van der Waals surface area contributed by atoms with Gasteiger partial charge in [-0.2, -0.15) is 11.8 Å². The predicted octanol–water partition coefficient (Wildman–Crippen LogP) is 2.12. The molecule has 0 unspecified atom stereocenters. The molecule has 0 bridgehead atoms. The summed E-state index contributed by atoms with van der Waals surface area (Å²) in [7, 11) is 0. The quantitative estimate of drug-likeness (QED) is 0.681. The normalized spacial score (nSPS) is 24.8. The first kappa shape index (κ1) is 12.7. The maximum atomic E-state index is 2.61. The molecule has 2 rings (SSSR count).